The highest BCUT2D eigenvalue weighted by Gasteiger charge is 2.28. The molecule has 3 heterocycles. The van der Waals surface area contributed by atoms with Crippen molar-refractivity contribution in [3.8, 4) is 0 Å². The summed E-state index contributed by atoms with van der Waals surface area (Å²) in [5.41, 5.74) is 1.76. The van der Waals surface area contributed by atoms with Crippen LogP contribution in [0.4, 0.5) is 5.82 Å². The third-order valence-electron chi connectivity index (χ3n) is 6.27. The fraction of sp³-hybridized carbons (Fsp3) is 0.565. The molecule has 4 heteroatoms. The molecule has 0 N–H and O–H groups in total. The van der Waals surface area contributed by atoms with Crippen molar-refractivity contribution < 1.29 is 4.79 Å². The van der Waals surface area contributed by atoms with Crippen LogP contribution in [0.5, 0.6) is 0 Å². The number of carbonyl (C=O) groups excluding carboxylic acids is 1. The first-order valence-corrected chi connectivity index (χ1v) is 10.6. The van der Waals surface area contributed by atoms with E-state index in [0.717, 1.165) is 61.2 Å². The maximum Gasteiger partial charge on any atom is 0.254 e. The quantitative estimate of drug-likeness (QED) is 0.778. The van der Waals surface area contributed by atoms with Gasteiger partial charge in [-0.25, -0.2) is 4.98 Å². The molecule has 0 saturated carbocycles. The van der Waals surface area contributed by atoms with Gasteiger partial charge in [0.05, 0.1) is 11.1 Å². The second kappa shape index (κ2) is 7.87. The van der Waals surface area contributed by atoms with Crippen molar-refractivity contribution in [2.75, 3.05) is 24.5 Å². The number of para-hydroxylation sites is 1. The largest absolute Gasteiger partial charge is 0.356 e. The molecule has 2 atom stereocenters. The van der Waals surface area contributed by atoms with Crippen LogP contribution in [-0.2, 0) is 0 Å². The van der Waals surface area contributed by atoms with Crippen LogP contribution in [0.1, 0.15) is 62.7 Å². The number of rotatable bonds is 3. The zero-order chi connectivity index (χ0) is 18.8. The molecule has 4 nitrogen and oxygen atoms in total. The van der Waals surface area contributed by atoms with Gasteiger partial charge in [-0.15, -0.1) is 0 Å². The summed E-state index contributed by atoms with van der Waals surface area (Å²) in [6.45, 7) is 7.44. The lowest BCUT2D eigenvalue weighted by atomic mass is 9.97. The predicted molar refractivity (Wildman–Crippen MR) is 111 cm³/mol. The maximum atomic E-state index is 13.6. The smallest absolute Gasteiger partial charge is 0.254 e. The highest BCUT2D eigenvalue weighted by Crippen LogP contribution is 2.29. The average Bonchev–Trinajstić information content (AvgIpc) is 2.72. The van der Waals surface area contributed by atoms with Crippen molar-refractivity contribution in [3.05, 3.63) is 35.9 Å². The van der Waals surface area contributed by atoms with Crippen LogP contribution in [-0.4, -0.2) is 41.5 Å². The maximum absolute atomic E-state index is 13.6. The Hall–Kier alpha value is -2.10. The highest BCUT2D eigenvalue weighted by atomic mass is 16.2. The van der Waals surface area contributed by atoms with Gasteiger partial charge in [0.25, 0.3) is 5.91 Å². The minimum Gasteiger partial charge on any atom is -0.356 e. The van der Waals surface area contributed by atoms with E-state index in [9.17, 15) is 4.79 Å². The molecule has 1 aromatic carbocycles. The molecule has 4 rings (SSSR count). The minimum absolute atomic E-state index is 0.187. The molecule has 0 bridgehead atoms. The molecular formula is C23H31N3O. The van der Waals surface area contributed by atoms with Gasteiger partial charge in [-0.2, -0.15) is 0 Å². The topological polar surface area (TPSA) is 36.4 Å². The molecule has 2 saturated heterocycles. The van der Waals surface area contributed by atoms with E-state index in [4.69, 9.17) is 4.98 Å². The van der Waals surface area contributed by atoms with Crippen LogP contribution in [0.15, 0.2) is 30.3 Å². The van der Waals surface area contributed by atoms with E-state index in [1.165, 1.54) is 19.3 Å². The van der Waals surface area contributed by atoms with E-state index >= 15 is 0 Å². The zero-order valence-electron chi connectivity index (χ0n) is 16.7. The second-order valence-electron chi connectivity index (χ2n) is 8.29. The van der Waals surface area contributed by atoms with Crippen LogP contribution >= 0.6 is 0 Å². The summed E-state index contributed by atoms with van der Waals surface area (Å²) < 4.78 is 0. The van der Waals surface area contributed by atoms with Crippen LogP contribution in [0, 0.1) is 5.92 Å². The first kappa shape index (κ1) is 18.3. The molecule has 144 valence electrons. The third kappa shape index (κ3) is 3.67. The number of nitrogens with zero attached hydrogens (tertiary/aromatic N) is 3. The summed E-state index contributed by atoms with van der Waals surface area (Å²) in [4.78, 5) is 23.0. The molecule has 2 aliphatic heterocycles. The van der Waals surface area contributed by atoms with Crippen molar-refractivity contribution >= 4 is 22.6 Å². The van der Waals surface area contributed by atoms with E-state index in [0.29, 0.717) is 12.0 Å². The Morgan fingerprint density at radius 3 is 2.81 bits per heavy atom. The van der Waals surface area contributed by atoms with Crippen molar-refractivity contribution in [1.29, 1.82) is 0 Å². The number of anilines is 1. The number of piperidine rings is 2. The summed E-state index contributed by atoms with van der Waals surface area (Å²) in [6, 6.07) is 10.5. The normalized spacial score (nSPS) is 23.6. The van der Waals surface area contributed by atoms with Crippen molar-refractivity contribution in [1.82, 2.24) is 9.88 Å². The van der Waals surface area contributed by atoms with Gasteiger partial charge in [-0.1, -0.05) is 32.0 Å². The van der Waals surface area contributed by atoms with Crippen molar-refractivity contribution in [2.24, 2.45) is 5.92 Å². The fourth-order valence-corrected chi connectivity index (χ4v) is 4.74. The molecule has 2 aromatic rings. The number of hydrogen-bond donors (Lipinski definition) is 0. The average molecular weight is 366 g/mol. The SMILES string of the molecule is CC[C@@H]1CCCCN1C(=O)c1cc(N2CCC[C@@H](C)C2)nc2ccccc12. The van der Waals surface area contributed by atoms with Crippen LogP contribution in [0.2, 0.25) is 0 Å². The molecule has 1 aromatic heterocycles. The Morgan fingerprint density at radius 2 is 2.00 bits per heavy atom. The van der Waals surface area contributed by atoms with Gasteiger partial charge < -0.3 is 9.80 Å². The summed E-state index contributed by atoms with van der Waals surface area (Å²) in [5, 5.41) is 0.983. The Morgan fingerprint density at radius 1 is 1.15 bits per heavy atom. The first-order chi connectivity index (χ1) is 13.2. The Kier molecular flexibility index (Phi) is 5.33. The Bertz CT molecular complexity index is 818. The number of likely N-dealkylation sites (tertiary alicyclic amines) is 1. The van der Waals surface area contributed by atoms with Gasteiger partial charge in [-0.05, 0) is 56.6 Å². The van der Waals surface area contributed by atoms with Crippen molar-refractivity contribution in [3.63, 3.8) is 0 Å². The van der Waals surface area contributed by atoms with Gasteiger partial charge in [0.2, 0.25) is 0 Å². The van der Waals surface area contributed by atoms with E-state index in [2.05, 4.69) is 29.7 Å². The lowest BCUT2D eigenvalue weighted by molar-refractivity contribution is 0.0610. The first-order valence-electron chi connectivity index (χ1n) is 10.6. The summed E-state index contributed by atoms with van der Waals surface area (Å²) >= 11 is 0. The van der Waals surface area contributed by atoms with E-state index in [-0.39, 0.29) is 5.91 Å². The third-order valence-corrected chi connectivity index (χ3v) is 6.27. The predicted octanol–water partition coefficient (Wildman–Crippen LogP) is 4.88. The molecule has 2 fully saturated rings. The van der Waals surface area contributed by atoms with Gasteiger partial charge in [0.15, 0.2) is 0 Å². The van der Waals surface area contributed by atoms with Crippen LogP contribution < -0.4 is 4.90 Å². The van der Waals surface area contributed by atoms with Crippen LogP contribution in [0.3, 0.4) is 0 Å². The van der Waals surface area contributed by atoms with Gasteiger partial charge >= 0.3 is 0 Å². The summed E-state index contributed by atoms with van der Waals surface area (Å²) in [6.07, 6.45) is 6.98. The number of hydrogen-bond acceptors (Lipinski definition) is 3. The van der Waals surface area contributed by atoms with E-state index in [1.807, 2.05) is 24.3 Å². The number of aromatic nitrogens is 1. The highest BCUT2D eigenvalue weighted by molar-refractivity contribution is 6.07. The molecule has 0 aliphatic carbocycles. The summed E-state index contributed by atoms with van der Waals surface area (Å²) in [7, 11) is 0. The molecule has 1 amide bonds. The molecular weight excluding hydrogens is 334 g/mol. The molecule has 0 spiro atoms. The summed E-state index contributed by atoms with van der Waals surface area (Å²) in [5.74, 6) is 1.83. The minimum atomic E-state index is 0.187. The number of amides is 1. The number of carbonyl (C=O) groups is 1. The number of pyridine rings is 1. The second-order valence-corrected chi connectivity index (χ2v) is 8.29. The van der Waals surface area contributed by atoms with Gasteiger partial charge in [0, 0.05) is 31.1 Å². The van der Waals surface area contributed by atoms with E-state index in [1.54, 1.807) is 0 Å². The van der Waals surface area contributed by atoms with Gasteiger partial charge in [-0.3, -0.25) is 4.79 Å². The standard InChI is InChI=1S/C23H31N3O/c1-3-18-10-6-7-14-26(18)23(27)20-15-22(25-13-8-9-17(2)16-25)24-21-12-5-4-11-19(20)21/h4-5,11-12,15,17-18H,3,6-10,13-14,16H2,1-2H3/t17-,18-/m1/s1. The van der Waals surface area contributed by atoms with Gasteiger partial charge in [0.1, 0.15) is 5.82 Å². The van der Waals surface area contributed by atoms with Crippen molar-refractivity contribution in [2.45, 2.75) is 58.4 Å². The number of fused-ring (bicyclic) bond motifs is 1. The van der Waals surface area contributed by atoms with Crippen LogP contribution in [0.25, 0.3) is 10.9 Å². The zero-order valence-corrected chi connectivity index (χ0v) is 16.7. The number of benzene rings is 1. The fourth-order valence-electron chi connectivity index (χ4n) is 4.74. The molecule has 2 aliphatic rings. The van der Waals surface area contributed by atoms with E-state index < -0.39 is 0 Å². The molecule has 0 unspecified atom stereocenters. The molecule has 0 radical (unpaired) electrons. The molecule has 27 heavy (non-hydrogen) atoms. The lowest BCUT2D eigenvalue weighted by Crippen LogP contribution is -2.43. The Labute approximate surface area is 162 Å². The monoisotopic (exact) mass is 365 g/mol. The lowest BCUT2D eigenvalue weighted by Gasteiger charge is -2.36. The Balaban J connectivity index is 1.75.